The molecule has 3 rings (SSSR count). The molecule has 2 amide bonds. The third-order valence-corrected chi connectivity index (χ3v) is 8.73. The lowest BCUT2D eigenvalue weighted by Crippen LogP contribution is -2.54. The third-order valence-electron chi connectivity index (χ3n) is 6.70. The van der Waals surface area contributed by atoms with Crippen LogP contribution in [0.25, 0.3) is 0 Å². The van der Waals surface area contributed by atoms with Crippen LogP contribution in [0.5, 0.6) is 0 Å². The molecule has 1 N–H and O–H groups in total. The van der Waals surface area contributed by atoms with Gasteiger partial charge in [-0.3, -0.25) is 13.9 Å². The van der Waals surface area contributed by atoms with Crippen molar-refractivity contribution in [2.75, 3.05) is 17.1 Å². The minimum absolute atomic E-state index is 0.102. The SMILES string of the molecule is CC[C@H](C)NC(=O)[C@@H](Cc1ccccc1)N(Cc1cccc(Br)c1)C(=O)CN(c1cccc(Cl)c1C)S(C)(=O)=O. The van der Waals surface area contributed by atoms with Gasteiger partial charge in [-0.2, -0.15) is 0 Å². The van der Waals surface area contributed by atoms with Crippen molar-refractivity contribution in [1.82, 2.24) is 10.2 Å². The largest absolute Gasteiger partial charge is 0.352 e. The highest BCUT2D eigenvalue weighted by Crippen LogP contribution is 2.29. The number of rotatable bonds is 12. The fourth-order valence-corrected chi connectivity index (χ4v) is 5.80. The van der Waals surface area contributed by atoms with Crippen molar-refractivity contribution < 1.29 is 18.0 Å². The number of hydrogen-bond acceptors (Lipinski definition) is 4. The van der Waals surface area contributed by atoms with Crippen molar-refractivity contribution in [2.24, 2.45) is 0 Å². The monoisotopic (exact) mass is 647 g/mol. The number of amides is 2. The first-order valence-electron chi connectivity index (χ1n) is 13.0. The first-order chi connectivity index (χ1) is 18.9. The van der Waals surface area contributed by atoms with Gasteiger partial charge in [-0.25, -0.2) is 8.42 Å². The molecule has 0 bridgehead atoms. The Morgan fingerprint density at radius 1 is 1.00 bits per heavy atom. The average Bonchev–Trinajstić information content (AvgIpc) is 2.90. The van der Waals surface area contributed by atoms with Crippen molar-refractivity contribution in [3.8, 4) is 0 Å². The van der Waals surface area contributed by atoms with Crippen LogP contribution < -0.4 is 9.62 Å². The van der Waals surface area contributed by atoms with Gasteiger partial charge < -0.3 is 10.2 Å². The molecule has 0 aliphatic heterocycles. The molecule has 0 aliphatic rings. The molecule has 0 fully saturated rings. The molecular weight excluding hydrogens is 614 g/mol. The molecule has 0 spiro atoms. The molecule has 2 atom stereocenters. The summed E-state index contributed by atoms with van der Waals surface area (Å²) in [6, 6.07) is 20.9. The highest BCUT2D eigenvalue weighted by molar-refractivity contribution is 9.10. The van der Waals surface area contributed by atoms with E-state index in [1.807, 2.05) is 68.4 Å². The van der Waals surface area contributed by atoms with Gasteiger partial charge in [0.25, 0.3) is 0 Å². The van der Waals surface area contributed by atoms with Gasteiger partial charge in [-0.1, -0.05) is 83.0 Å². The summed E-state index contributed by atoms with van der Waals surface area (Å²) in [6.45, 7) is 5.20. The first kappa shape index (κ1) is 31.6. The van der Waals surface area contributed by atoms with E-state index in [1.54, 1.807) is 25.1 Å². The number of carbonyl (C=O) groups excluding carboxylic acids is 2. The predicted molar refractivity (Wildman–Crippen MR) is 165 cm³/mol. The van der Waals surface area contributed by atoms with E-state index in [2.05, 4.69) is 21.2 Å². The van der Waals surface area contributed by atoms with Gasteiger partial charge in [0, 0.05) is 28.5 Å². The molecule has 0 radical (unpaired) electrons. The van der Waals surface area contributed by atoms with Crippen LogP contribution in [0.1, 0.15) is 37.0 Å². The normalized spacial score (nSPS) is 12.8. The number of nitrogens with one attached hydrogen (secondary N) is 1. The van der Waals surface area contributed by atoms with Crippen molar-refractivity contribution in [3.05, 3.63) is 99.0 Å². The van der Waals surface area contributed by atoms with E-state index < -0.39 is 28.5 Å². The maximum absolute atomic E-state index is 14.1. The molecule has 3 aromatic rings. The number of sulfonamides is 1. The van der Waals surface area contributed by atoms with Crippen LogP contribution >= 0.6 is 27.5 Å². The van der Waals surface area contributed by atoms with Crippen LogP contribution in [0, 0.1) is 6.92 Å². The van der Waals surface area contributed by atoms with E-state index in [9.17, 15) is 18.0 Å². The van der Waals surface area contributed by atoms with Gasteiger partial charge in [0.05, 0.1) is 11.9 Å². The smallest absolute Gasteiger partial charge is 0.244 e. The predicted octanol–water partition coefficient (Wildman–Crippen LogP) is 5.73. The summed E-state index contributed by atoms with van der Waals surface area (Å²) in [6.07, 6.45) is 2.04. The number of halogens is 2. The topological polar surface area (TPSA) is 86.8 Å². The molecule has 0 saturated carbocycles. The summed E-state index contributed by atoms with van der Waals surface area (Å²) in [7, 11) is -3.87. The van der Waals surface area contributed by atoms with Crippen LogP contribution in [-0.4, -0.2) is 50.0 Å². The lowest BCUT2D eigenvalue weighted by atomic mass is 10.0. The minimum Gasteiger partial charge on any atom is -0.352 e. The second kappa shape index (κ2) is 14.1. The lowest BCUT2D eigenvalue weighted by molar-refractivity contribution is -0.140. The molecule has 0 unspecified atom stereocenters. The molecule has 7 nitrogen and oxygen atoms in total. The van der Waals surface area contributed by atoms with E-state index in [-0.39, 0.29) is 24.9 Å². The Balaban J connectivity index is 2.09. The molecular formula is C30H35BrClN3O4S. The van der Waals surface area contributed by atoms with Crippen LogP contribution in [0.4, 0.5) is 5.69 Å². The Morgan fingerprint density at radius 2 is 1.65 bits per heavy atom. The van der Waals surface area contributed by atoms with Crippen molar-refractivity contribution in [1.29, 1.82) is 0 Å². The second-order valence-electron chi connectivity index (χ2n) is 9.83. The standard InChI is InChI=1S/C30H35BrClN3O4S/c1-5-21(2)33-30(37)28(18-23-11-7-6-8-12-23)34(19-24-13-9-14-25(31)17-24)29(36)20-35(40(4,38)39)27-16-10-15-26(32)22(27)3/h6-17,21,28H,5,18-20H2,1-4H3,(H,33,37)/t21-,28+/m0/s1. The lowest BCUT2D eigenvalue weighted by Gasteiger charge is -2.34. The van der Waals surface area contributed by atoms with Gasteiger partial charge in [-0.15, -0.1) is 0 Å². The fourth-order valence-electron chi connectivity index (χ4n) is 4.29. The number of benzene rings is 3. The molecule has 10 heteroatoms. The number of nitrogens with zero attached hydrogens (tertiary/aromatic N) is 2. The second-order valence-corrected chi connectivity index (χ2v) is 13.1. The fraction of sp³-hybridized carbons (Fsp3) is 0.333. The highest BCUT2D eigenvalue weighted by atomic mass is 79.9. The summed E-state index contributed by atoms with van der Waals surface area (Å²) in [5, 5.41) is 3.41. The zero-order chi connectivity index (χ0) is 29.4. The van der Waals surface area contributed by atoms with Crippen LogP contribution in [-0.2, 0) is 32.6 Å². The number of anilines is 1. The van der Waals surface area contributed by atoms with E-state index >= 15 is 0 Å². The van der Waals surface area contributed by atoms with E-state index in [4.69, 9.17) is 11.6 Å². The molecule has 214 valence electrons. The van der Waals surface area contributed by atoms with Crippen molar-refractivity contribution in [2.45, 2.75) is 52.2 Å². The zero-order valence-corrected chi connectivity index (χ0v) is 26.3. The zero-order valence-electron chi connectivity index (χ0n) is 23.1. The van der Waals surface area contributed by atoms with Gasteiger partial charge in [-0.05, 0) is 61.2 Å². The maximum atomic E-state index is 14.1. The molecule has 3 aromatic carbocycles. The van der Waals surface area contributed by atoms with Gasteiger partial charge >= 0.3 is 0 Å². The molecule has 40 heavy (non-hydrogen) atoms. The Labute approximate surface area is 250 Å². The van der Waals surface area contributed by atoms with Gasteiger partial charge in [0.2, 0.25) is 21.8 Å². The first-order valence-corrected chi connectivity index (χ1v) is 16.0. The Bertz CT molecular complexity index is 1440. The molecule has 0 heterocycles. The van der Waals surface area contributed by atoms with Crippen LogP contribution in [0.3, 0.4) is 0 Å². The van der Waals surface area contributed by atoms with Crippen LogP contribution in [0.15, 0.2) is 77.3 Å². The Kier molecular flexibility index (Phi) is 11.2. The summed E-state index contributed by atoms with van der Waals surface area (Å²) < 4.78 is 27.8. The maximum Gasteiger partial charge on any atom is 0.244 e. The quantitative estimate of drug-likeness (QED) is 0.272. The molecule has 0 saturated heterocycles. The van der Waals surface area contributed by atoms with E-state index in [0.717, 1.165) is 32.6 Å². The summed E-state index contributed by atoms with van der Waals surface area (Å²) in [4.78, 5) is 29.3. The van der Waals surface area contributed by atoms with E-state index in [1.165, 1.54) is 4.90 Å². The number of carbonyl (C=O) groups is 2. The van der Waals surface area contributed by atoms with Gasteiger partial charge in [0.1, 0.15) is 12.6 Å². The summed E-state index contributed by atoms with van der Waals surface area (Å²) in [5.41, 5.74) is 2.53. The highest BCUT2D eigenvalue weighted by Gasteiger charge is 2.33. The number of hydrogen-bond donors (Lipinski definition) is 1. The van der Waals surface area contributed by atoms with Crippen molar-refractivity contribution in [3.63, 3.8) is 0 Å². The average molecular weight is 649 g/mol. The van der Waals surface area contributed by atoms with Gasteiger partial charge in [0.15, 0.2) is 0 Å². The minimum atomic E-state index is -3.87. The van der Waals surface area contributed by atoms with E-state index in [0.29, 0.717) is 16.3 Å². The third kappa shape index (κ3) is 8.56. The molecule has 0 aliphatic carbocycles. The molecule has 0 aromatic heterocycles. The Hall–Kier alpha value is -2.88. The summed E-state index contributed by atoms with van der Waals surface area (Å²) in [5.74, 6) is -0.809. The van der Waals surface area contributed by atoms with Crippen molar-refractivity contribution >= 4 is 55.1 Å². The summed E-state index contributed by atoms with van der Waals surface area (Å²) >= 11 is 9.78. The van der Waals surface area contributed by atoms with Crippen LogP contribution in [0.2, 0.25) is 5.02 Å². The Morgan fingerprint density at radius 3 is 2.27 bits per heavy atom.